The minimum absolute atomic E-state index is 2.62. The maximum atomic E-state index is 14.2. The molecule has 0 bridgehead atoms. The van der Waals surface area contributed by atoms with Crippen molar-refractivity contribution in [2.75, 3.05) is 0 Å². The fraction of sp³-hybridized carbons (Fsp3) is 0.0588. The van der Waals surface area contributed by atoms with E-state index in [4.69, 9.17) is 0 Å². The van der Waals surface area contributed by atoms with Crippen LogP contribution in [0, 0.1) is 58.2 Å². The van der Waals surface area contributed by atoms with E-state index < -0.39 is 98.0 Å². The SMILES string of the molecule is FC1=C(F)C(F)(F)C(c2c(F)c(F)c(F)c(F)c2F)=C1c1c(F)c(F)c(F)c(F)c1F. The van der Waals surface area contributed by atoms with Gasteiger partial charge in [-0.2, -0.15) is 8.78 Å². The van der Waals surface area contributed by atoms with Gasteiger partial charge in [-0.05, 0) is 0 Å². The standard InChI is InChI=1S/C17F14/c18-5-2(6(19)11(24)14(27)10(5)23)1-4(17(30,31)16(29)9(1)22)3-7(20)12(25)15(28)13(26)8(3)21. The Labute approximate surface area is 160 Å². The molecule has 1 aliphatic carbocycles. The molecule has 0 heterocycles. The Hall–Kier alpha value is -3.06. The van der Waals surface area contributed by atoms with Gasteiger partial charge in [-0.25, -0.2) is 52.7 Å². The van der Waals surface area contributed by atoms with Gasteiger partial charge >= 0.3 is 5.92 Å². The summed E-state index contributed by atoms with van der Waals surface area (Å²) in [6.07, 6.45) is 0. The fourth-order valence-electron chi connectivity index (χ4n) is 2.79. The number of rotatable bonds is 2. The van der Waals surface area contributed by atoms with Crippen LogP contribution in [-0.4, -0.2) is 5.92 Å². The van der Waals surface area contributed by atoms with Crippen LogP contribution in [-0.2, 0) is 0 Å². The first-order valence-electron chi connectivity index (χ1n) is 7.40. The van der Waals surface area contributed by atoms with Gasteiger partial charge in [0.05, 0.1) is 16.7 Å². The Kier molecular flexibility index (Phi) is 5.10. The van der Waals surface area contributed by atoms with Crippen LogP contribution in [0.4, 0.5) is 61.5 Å². The summed E-state index contributed by atoms with van der Waals surface area (Å²) < 4.78 is 192. The lowest BCUT2D eigenvalue weighted by atomic mass is 9.92. The predicted molar refractivity (Wildman–Crippen MR) is 73.5 cm³/mol. The van der Waals surface area contributed by atoms with Crippen molar-refractivity contribution in [1.82, 2.24) is 0 Å². The first-order chi connectivity index (χ1) is 14.2. The number of hydrogen-bond acceptors (Lipinski definition) is 0. The van der Waals surface area contributed by atoms with Gasteiger partial charge < -0.3 is 0 Å². The first kappa shape index (κ1) is 22.6. The van der Waals surface area contributed by atoms with E-state index in [1.807, 2.05) is 0 Å². The Bertz CT molecular complexity index is 1160. The Morgan fingerprint density at radius 1 is 0.387 bits per heavy atom. The molecule has 0 aliphatic heterocycles. The summed E-state index contributed by atoms with van der Waals surface area (Å²) in [6, 6.07) is 0. The highest BCUT2D eigenvalue weighted by Gasteiger charge is 2.55. The summed E-state index contributed by atoms with van der Waals surface area (Å²) in [5.74, 6) is -41.7. The maximum Gasteiger partial charge on any atom is 0.328 e. The topological polar surface area (TPSA) is 0 Å². The lowest BCUT2D eigenvalue weighted by Gasteiger charge is -2.18. The van der Waals surface area contributed by atoms with Crippen molar-refractivity contribution in [3.8, 4) is 0 Å². The summed E-state index contributed by atoms with van der Waals surface area (Å²) in [7, 11) is 0. The highest BCUT2D eigenvalue weighted by Crippen LogP contribution is 2.56. The van der Waals surface area contributed by atoms with Gasteiger partial charge in [-0.1, -0.05) is 0 Å². The molecule has 0 nitrogen and oxygen atoms in total. The van der Waals surface area contributed by atoms with Gasteiger partial charge in [0, 0.05) is 5.57 Å². The second-order valence-corrected chi connectivity index (χ2v) is 5.84. The molecule has 0 atom stereocenters. The zero-order chi connectivity index (χ0) is 23.7. The molecule has 0 saturated carbocycles. The van der Waals surface area contributed by atoms with Crippen molar-refractivity contribution in [2.45, 2.75) is 5.92 Å². The molecular weight excluding hydrogens is 470 g/mol. The van der Waals surface area contributed by atoms with Gasteiger partial charge in [0.25, 0.3) is 0 Å². The van der Waals surface area contributed by atoms with E-state index in [1.54, 1.807) is 0 Å². The second kappa shape index (κ2) is 6.99. The van der Waals surface area contributed by atoms with Crippen molar-refractivity contribution >= 4 is 11.1 Å². The van der Waals surface area contributed by atoms with Crippen LogP contribution >= 0.6 is 0 Å². The Morgan fingerprint density at radius 3 is 1.03 bits per heavy atom. The fourth-order valence-corrected chi connectivity index (χ4v) is 2.79. The Balaban J connectivity index is 2.62. The second-order valence-electron chi connectivity index (χ2n) is 5.84. The lowest BCUT2D eigenvalue weighted by Crippen LogP contribution is -2.20. The van der Waals surface area contributed by atoms with Crippen LogP contribution < -0.4 is 0 Å². The smallest absolute Gasteiger partial charge is 0.203 e. The van der Waals surface area contributed by atoms with Gasteiger partial charge in [-0.3, -0.25) is 0 Å². The molecule has 2 aromatic carbocycles. The molecular formula is C17F14. The van der Waals surface area contributed by atoms with Crippen molar-refractivity contribution in [3.05, 3.63) is 81.0 Å². The van der Waals surface area contributed by atoms with Crippen molar-refractivity contribution in [1.29, 1.82) is 0 Å². The molecule has 166 valence electrons. The van der Waals surface area contributed by atoms with Crippen LogP contribution in [0.3, 0.4) is 0 Å². The normalized spacial score (nSPS) is 16.1. The average molecular weight is 470 g/mol. The van der Waals surface area contributed by atoms with E-state index in [9.17, 15) is 61.5 Å². The summed E-state index contributed by atoms with van der Waals surface area (Å²) in [5, 5.41) is 0. The maximum absolute atomic E-state index is 14.2. The van der Waals surface area contributed by atoms with Crippen LogP contribution in [0.15, 0.2) is 11.7 Å². The first-order valence-corrected chi connectivity index (χ1v) is 7.40. The van der Waals surface area contributed by atoms with Crippen molar-refractivity contribution in [2.24, 2.45) is 0 Å². The molecule has 0 amide bonds. The summed E-state index contributed by atoms with van der Waals surface area (Å²) in [6.45, 7) is 0. The highest BCUT2D eigenvalue weighted by atomic mass is 19.3. The molecule has 3 rings (SSSR count). The predicted octanol–water partition coefficient (Wildman–Crippen LogP) is 6.79. The molecule has 0 aromatic heterocycles. The van der Waals surface area contributed by atoms with Gasteiger partial charge in [-0.15, -0.1) is 0 Å². The minimum atomic E-state index is -5.64. The summed E-state index contributed by atoms with van der Waals surface area (Å²) >= 11 is 0. The number of benzene rings is 2. The molecule has 14 heteroatoms. The van der Waals surface area contributed by atoms with Crippen LogP contribution in [0.25, 0.3) is 11.1 Å². The average Bonchev–Trinajstić information content (AvgIpc) is 2.89. The van der Waals surface area contributed by atoms with E-state index >= 15 is 0 Å². The highest BCUT2D eigenvalue weighted by molar-refractivity contribution is 6.04. The molecule has 0 fully saturated rings. The molecule has 2 aromatic rings. The molecule has 0 saturated heterocycles. The van der Waals surface area contributed by atoms with Crippen LogP contribution in [0.1, 0.15) is 11.1 Å². The van der Waals surface area contributed by atoms with Crippen molar-refractivity contribution in [3.63, 3.8) is 0 Å². The third kappa shape index (κ3) is 2.83. The lowest BCUT2D eigenvalue weighted by molar-refractivity contribution is 0.0816. The van der Waals surface area contributed by atoms with Crippen LogP contribution in [0.5, 0.6) is 0 Å². The molecule has 0 spiro atoms. The quantitative estimate of drug-likeness (QED) is 0.258. The Morgan fingerprint density at radius 2 is 0.677 bits per heavy atom. The monoisotopic (exact) mass is 470 g/mol. The summed E-state index contributed by atoms with van der Waals surface area (Å²) in [5.41, 5.74) is -10.9. The number of alkyl halides is 2. The van der Waals surface area contributed by atoms with E-state index in [0.29, 0.717) is 0 Å². The van der Waals surface area contributed by atoms with Crippen LogP contribution in [0.2, 0.25) is 0 Å². The third-order valence-corrected chi connectivity index (χ3v) is 4.17. The number of allylic oxidation sites excluding steroid dienone is 4. The van der Waals surface area contributed by atoms with Crippen molar-refractivity contribution < 1.29 is 61.5 Å². The third-order valence-electron chi connectivity index (χ3n) is 4.17. The summed E-state index contributed by atoms with van der Waals surface area (Å²) in [4.78, 5) is 0. The largest absolute Gasteiger partial charge is 0.328 e. The van der Waals surface area contributed by atoms with E-state index in [1.165, 1.54) is 0 Å². The molecule has 0 unspecified atom stereocenters. The molecule has 0 radical (unpaired) electrons. The zero-order valence-electron chi connectivity index (χ0n) is 13.8. The van der Waals surface area contributed by atoms with Gasteiger partial charge in [0.2, 0.25) is 17.5 Å². The van der Waals surface area contributed by atoms with E-state index in [-0.39, 0.29) is 0 Å². The zero-order valence-corrected chi connectivity index (χ0v) is 13.8. The van der Waals surface area contributed by atoms with Gasteiger partial charge in [0.15, 0.2) is 52.4 Å². The minimum Gasteiger partial charge on any atom is -0.203 e. The van der Waals surface area contributed by atoms with E-state index in [2.05, 4.69) is 0 Å². The van der Waals surface area contributed by atoms with Gasteiger partial charge in [0.1, 0.15) is 0 Å². The van der Waals surface area contributed by atoms with E-state index in [0.717, 1.165) is 0 Å². The number of halogens is 14. The number of hydrogen-bond donors (Lipinski definition) is 0. The molecule has 0 N–H and O–H groups in total. The molecule has 31 heavy (non-hydrogen) atoms. The molecule has 1 aliphatic rings.